The van der Waals surface area contributed by atoms with Crippen LogP contribution in [0, 0.1) is 50.2 Å². The predicted octanol–water partition coefficient (Wildman–Crippen LogP) is -4.92. The molecule has 13 rings (SSSR count). The Kier molecular flexibility index (Phi) is 27.5. The standard InChI is InChI=1S/C80H120O39/c1-32-46(87)50(91)54(95)66(107-32)116-61-59(113-45(86)17-12-35-10-13-36(104-9)14-11-35)34(3)109-70(62(61)117-69-57(98)60(115-71-63(99)80(103,30-84)31-106-71)58(33(2)108-69)114-65-53(94)49(90)42(28-105-65)112-67-55(96)51(92)47(88)40(26-81)110-67)119-73(102)78-21-20-74(4,5)24-38(78)37-15-16-43-75(6)25-39(85)64(118-68-56(97)52(93)48(89)41(27-82)111-68)77(8,72(100)101)44(75)18-19-76(43,7)79(37,29-83)23-22-78/h10-15,17,32-34,38-44,46-71,81-85,87-99,103H,16,18-31H2,1-9H3,(H,100,101)/t32-,33-,34+,38-,39-,40+,41+,42+,43+,44+,46-,47-,48+,49-,50+,51-,52-,53+,54+,55+,56+,57+,58-,59-,60-,61-,62+,63-,64-,65-,66-,67-,68-,69-,70-,71-,75+,76+,77-,78-,79-,80+/m0/s1. The Morgan fingerprint density at radius 3 is 1.68 bits per heavy atom. The lowest BCUT2D eigenvalue weighted by atomic mass is 9.33. The van der Waals surface area contributed by atoms with Crippen LogP contribution in [0.15, 0.2) is 42.0 Å². The van der Waals surface area contributed by atoms with Crippen molar-refractivity contribution in [3.63, 3.8) is 0 Å². The van der Waals surface area contributed by atoms with E-state index in [-0.39, 0.29) is 38.5 Å². The maximum Gasteiger partial charge on any atom is 0.331 e. The van der Waals surface area contributed by atoms with Crippen LogP contribution in [-0.4, -0.2) is 375 Å². The van der Waals surface area contributed by atoms with Crippen molar-refractivity contribution in [3.05, 3.63) is 47.6 Å². The Morgan fingerprint density at radius 1 is 0.521 bits per heavy atom. The molecule has 7 aliphatic heterocycles. The summed E-state index contributed by atoms with van der Waals surface area (Å²) in [6.07, 6.45) is -54.0. The van der Waals surface area contributed by atoms with Crippen molar-refractivity contribution in [2.45, 2.75) is 322 Å². The number of aliphatic carboxylic acids is 1. The molecular weight excluding hydrogens is 1580 g/mol. The summed E-state index contributed by atoms with van der Waals surface area (Å²) < 4.78 is 98.7. The highest BCUT2D eigenvalue weighted by atomic mass is 16.8. The van der Waals surface area contributed by atoms with Gasteiger partial charge in [0, 0.05) is 11.5 Å². The third-order valence-corrected chi connectivity index (χ3v) is 28.8. The molecule has 20 N–H and O–H groups in total. The van der Waals surface area contributed by atoms with E-state index in [4.69, 9.17) is 75.8 Å². The molecule has 1 aromatic rings. The molecular formula is C80H120O39. The maximum atomic E-state index is 16.6. The monoisotopic (exact) mass is 1700 g/mol. The van der Waals surface area contributed by atoms with Gasteiger partial charge in [-0.2, -0.15) is 0 Å². The summed E-state index contributed by atoms with van der Waals surface area (Å²) in [6.45, 7) is 9.10. The van der Waals surface area contributed by atoms with Crippen molar-refractivity contribution in [2.75, 3.05) is 46.8 Å². The minimum Gasteiger partial charge on any atom is -0.497 e. The van der Waals surface area contributed by atoms with E-state index in [0.29, 0.717) is 30.6 Å². The second-order valence-corrected chi connectivity index (χ2v) is 36.2. The number of hydrogen-bond acceptors (Lipinski definition) is 38. The number of fused-ring (bicyclic) bond motifs is 7. The first kappa shape index (κ1) is 92.3. The molecule has 11 fully saturated rings. The van der Waals surface area contributed by atoms with E-state index < -0.39 is 316 Å². The average Bonchev–Trinajstić information content (AvgIpc) is 0.754. The molecule has 0 radical (unpaired) electrons. The molecule has 42 atom stereocenters. The number of methoxy groups -OCH3 is 1. The molecule has 1 aromatic carbocycles. The number of carboxylic acids is 1. The van der Waals surface area contributed by atoms with Crippen molar-refractivity contribution >= 4 is 24.0 Å². The fourth-order valence-electron chi connectivity index (χ4n) is 21.6. The average molecular weight is 1710 g/mol. The lowest BCUT2D eigenvalue weighted by Gasteiger charge is -2.71. The molecule has 4 saturated carbocycles. The molecule has 119 heavy (non-hydrogen) atoms. The third kappa shape index (κ3) is 16.4. The number of benzene rings is 1. The molecule has 0 bridgehead atoms. The molecule has 674 valence electrons. The highest BCUT2D eigenvalue weighted by Gasteiger charge is 2.74. The van der Waals surface area contributed by atoms with Crippen molar-refractivity contribution in [3.8, 4) is 5.75 Å². The van der Waals surface area contributed by atoms with Crippen LogP contribution < -0.4 is 4.74 Å². The van der Waals surface area contributed by atoms with E-state index in [0.717, 1.165) is 11.6 Å². The minimum absolute atomic E-state index is 0.0390. The predicted molar refractivity (Wildman–Crippen MR) is 395 cm³/mol. The third-order valence-electron chi connectivity index (χ3n) is 28.8. The topological polar surface area (TPSA) is 603 Å². The molecule has 0 unspecified atom stereocenters. The Balaban J connectivity index is 0.850. The van der Waals surface area contributed by atoms with Gasteiger partial charge in [-0.1, -0.05) is 51.5 Å². The summed E-state index contributed by atoms with van der Waals surface area (Å²) in [5.41, 5.74) is -8.10. The Hall–Kier alpha value is -4.37. The van der Waals surface area contributed by atoms with Gasteiger partial charge in [0.25, 0.3) is 0 Å². The summed E-state index contributed by atoms with van der Waals surface area (Å²) in [5.74, 6) is -4.72. The second-order valence-electron chi connectivity index (χ2n) is 36.2. The van der Waals surface area contributed by atoms with Crippen LogP contribution in [-0.2, 0) is 85.4 Å². The summed E-state index contributed by atoms with van der Waals surface area (Å²) in [5, 5.41) is 224. The number of aliphatic hydroxyl groups is 19. The fraction of sp³-hybridized carbons (Fsp3) is 0.838. The van der Waals surface area contributed by atoms with Crippen LogP contribution in [0.2, 0.25) is 0 Å². The smallest absolute Gasteiger partial charge is 0.331 e. The molecule has 12 aliphatic rings. The molecule has 39 nitrogen and oxygen atoms in total. The molecule has 0 aromatic heterocycles. The Bertz CT molecular complexity index is 3720. The van der Waals surface area contributed by atoms with Crippen LogP contribution in [0.5, 0.6) is 5.75 Å². The number of carbonyl (C=O) groups is 3. The van der Waals surface area contributed by atoms with Crippen molar-refractivity contribution in [1.29, 1.82) is 0 Å². The lowest BCUT2D eigenvalue weighted by Crippen LogP contribution is -2.71. The zero-order valence-electron chi connectivity index (χ0n) is 67.6. The number of ether oxygens (including phenoxy) is 16. The summed E-state index contributed by atoms with van der Waals surface area (Å²) >= 11 is 0. The Morgan fingerprint density at radius 2 is 1.08 bits per heavy atom. The lowest BCUT2D eigenvalue weighted by molar-refractivity contribution is -0.398. The highest BCUT2D eigenvalue weighted by Crippen LogP contribution is 2.76. The van der Waals surface area contributed by atoms with Gasteiger partial charge in [-0.05, 0) is 143 Å². The number of hydrogen-bond donors (Lipinski definition) is 20. The van der Waals surface area contributed by atoms with Gasteiger partial charge in [0.05, 0.1) is 82.0 Å². The van der Waals surface area contributed by atoms with Crippen LogP contribution >= 0.6 is 0 Å². The van der Waals surface area contributed by atoms with Gasteiger partial charge in [0.15, 0.2) is 49.9 Å². The van der Waals surface area contributed by atoms with Gasteiger partial charge in [-0.25, -0.2) is 4.79 Å². The highest BCUT2D eigenvalue weighted by molar-refractivity contribution is 5.87. The van der Waals surface area contributed by atoms with Crippen molar-refractivity contribution in [2.24, 2.45) is 50.2 Å². The van der Waals surface area contributed by atoms with E-state index in [2.05, 4.69) is 6.92 Å². The number of allylic oxidation sites excluding steroid dienone is 1. The van der Waals surface area contributed by atoms with E-state index in [1.54, 1.807) is 24.3 Å². The van der Waals surface area contributed by atoms with Crippen LogP contribution in [0.25, 0.3) is 6.08 Å². The number of rotatable bonds is 23. The normalized spacial score (nSPS) is 50.5. The quantitative estimate of drug-likeness (QED) is 0.0211. The van der Waals surface area contributed by atoms with Gasteiger partial charge < -0.3 is 178 Å². The SMILES string of the molecule is COc1ccc(C=CC(=O)O[C@@H]2[C@H](O[C@@H]3O[C@@H](C)[C@H](O)[C@@H](O)[C@H]3O)[C@@H](O[C@@H]3O[C@@H](C)[C@H](O[C@@H]4OC[C@@H](O[C@@H]5O[C@H](CO)[C@H](O)[C@H](O)[C@H]5O)[C@H](O)[C@H]4O)[C@@H](O[C@@H]4OC[C@](O)(CO)[C@H]4O)[C@H]3O)[C@H](OC(=O)[C@]34CCC(C)(C)C[C@H]3C3=CC[C@@H]5[C@@]6(C)C[C@H](O)[C@H](O[C@@H]7O[C@H](CO)[C@@H](O)[C@H](O)[C@H]7O)[C@@](C)(C(=O)O)[C@@H]6CC[C@@]5(C)[C@]3(CO)CC4)O[C@@H]2C)cc1. The molecule has 0 spiro atoms. The van der Waals surface area contributed by atoms with Gasteiger partial charge in [0.1, 0.15) is 133 Å². The van der Waals surface area contributed by atoms with Crippen molar-refractivity contribution in [1.82, 2.24) is 0 Å². The van der Waals surface area contributed by atoms with Crippen LogP contribution in [0.4, 0.5) is 0 Å². The second kappa shape index (κ2) is 35.5. The Labute approximate surface area is 685 Å². The van der Waals surface area contributed by atoms with E-state index in [1.165, 1.54) is 40.9 Å². The minimum atomic E-state index is -2.36. The van der Waals surface area contributed by atoms with Gasteiger partial charge in [0.2, 0.25) is 6.29 Å². The number of aliphatic hydroxyl groups excluding tert-OH is 18. The fourth-order valence-corrected chi connectivity index (χ4v) is 21.6. The van der Waals surface area contributed by atoms with Gasteiger partial charge >= 0.3 is 17.9 Å². The van der Waals surface area contributed by atoms with Gasteiger partial charge in [-0.3, -0.25) is 9.59 Å². The molecule has 39 heteroatoms. The van der Waals surface area contributed by atoms with Crippen molar-refractivity contribution < 1.29 is 192 Å². The first-order valence-corrected chi connectivity index (χ1v) is 40.9. The maximum absolute atomic E-state index is 16.6. The molecule has 0 amide bonds. The van der Waals surface area contributed by atoms with E-state index in [9.17, 15) is 112 Å². The first-order valence-electron chi connectivity index (χ1n) is 40.9. The summed E-state index contributed by atoms with van der Waals surface area (Å²) in [7, 11) is 1.47. The molecule has 5 aliphatic carbocycles. The first-order chi connectivity index (χ1) is 56.1. The van der Waals surface area contributed by atoms with Gasteiger partial charge in [-0.15, -0.1) is 0 Å². The number of carbonyl (C=O) groups excluding carboxylic acids is 2. The van der Waals surface area contributed by atoms with Crippen LogP contribution in [0.3, 0.4) is 0 Å². The summed E-state index contributed by atoms with van der Waals surface area (Å²) in [4.78, 5) is 45.2. The number of carboxylic acid groups (broad SMARTS) is 1. The van der Waals surface area contributed by atoms with Crippen LogP contribution in [0.1, 0.15) is 119 Å². The molecule has 7 saturated heterocycles. The number of esters is 2. The van der Waals surface area contributed by atoms with E-state index >= 15 is 4.79 Å². The molecule has 7 heterocycles. The zero-order valence-corrected chi connectivity index (χ0v) is 67.6. The largest absolute Gasteiger partial charge is 0.497 e. The van der Waals surface area contributed by atoms with E-state index in [1.807, 2.05) is 26.8 Å². The zero-order chi connectivity index (χ0) is 86.6. The summed E-state index contributed by atoms with van der Waals surface area (Å²) in [6, 6.07) is 6.56.